The fourth-order valence-electron chi connectivity index (χ4n) is 2.62. The van der Waals surface area contributed by atoms with Crippen LogP contribution in [-0.2, 0) is 25.1 Å². The first-order chi connectivity index (χ1) is 12.2. The second kappa shape index (κ2) is 7.41. The van der Waals surface area contributed by atoms with Crippen molar-refractivity contribution in [2.24, 2.45) is 0 Å². The van der Waals surface area contributed by atoms with Gasteiger partial charge in [-0.15, -0.1) is 0 Å². The molecule has 0 radical (unpaired) electrons. The monoisotopic (exact) mass is 433 g/mol. The molecule has 2 aromatic carbocycles. The van der Waals surface area contributed by atoms with Crippen molar-refractivity contribution in [3.05, 3.63) is 52.8 Å². The Hall–Kier alpha value is -1.64. The molecule has 1 N–H and O–H groups in total. The molecule has 0 aliphatic heterocycles. The molecule has 5 nitrogen and oxygen atoms in total. The third-order valence-corrected chi connectivity index (χ3v) is 6.72. The van der Waals surface area contributed by atoms with Crippen LogP contribution in [0.25, 0.3) is 0 Å². The maximum Gasteiger partial charge on any atom is 0.177 e. The van der Waals surface area contributed by atoms with Crippen LogP contribution in [0.5, 0.6) is 0 Å². The molecular weight excluding hydrogens is 413 g/mol. The molecule has 0 spiro atoms. The predicted molar refractivity (Wildman–Crippen MR) is 106 cm³/mol. The molecule has 0 aromatic heterocycles. The Labute approximate surface area is 164 Å². The minimum Gasteiger partial charge on any atom is -0.383 e. The lowest BCUT2D eigenvalue weighted by Gasteiger charge is -2.27. The van der Waals surface area contributed by atoms with Crippen LogP contribution >= 0.6 is 11.6 Å². The lowest BCUT2D eigenvalue weighted by molar-refractivity contribution is 0.504. The summed E-state index contributed by atoms with van der Waals surface area (Å²) in [6.45, 7) is 3.78. The summed E-state index contributed by atoms with van der Waals surface area (Å²) in [5, 5.41) is 3.01. The number of rotatable bonds is 6. The molecule has 0 amide bonds. The molecule has 0 aliphatic rings. The average Bonchev–Trinajstić information content (AvgIpc) is 2.53. The quantitative estimate of drug-likeness (QED) is 0.751. The summed E-state index contributed by atoms with van der Waals surface area (Å²) in [5.41, 5.74) is -0.0734. The van der Waals surface area contributed by atoms with Crippen LogP contribution in [0.2, 0.25) is 5.02 Å². The van der Waals surface area contributed by atoms with Crippen molar-refractivity contribution in [3.8, 4) is 0 Å². The minimum atomic E-state index is -3.69. The largest absolute Gasteiger partial charge is 0.383 e. The van der Waals surface area contributed by atoms with Crippen molar-refractivity contribution >= 4 is 37.0 Å². The Bertz CT molecular complexity index is 1080. The standard InChI is InChI=1S/C18H21ClFNO4S2/c1-18(2,13-6-5-7-14(19)17(13)20)11-21-15-9-8-12(26(3,22)23)10-16(15)27(4,24)25/h5-10,21H,11H2,1-4H3. The molecule has 2 rings (SSSR count). The van der Waals surface area contributed by atoms with E-state index in [0.29, 0.717) is 5.56 Å². The zero-order chi connectivity index (χ0) is 20.6. The normalized spacial score (nSPS) is 12.8. The van der Waals surface area contributed by atoms with E-state index in [9.17, 15) is 21.2 Å². The van der Waals surface area contributed by atoms with Gasteiger partial charge in [0.05, 0.1) is 20.5 Å². The average molecular weight is 434 g/mol. The van der Waals surface area contributed by atoms with Crippen molar-refractivity contribution in [2.75, 3.05) is 24.4 Å². The first-order valence-corrected chi connectivity index (χ1v) is 12.1. The fraction of sp³-hybridized carbons (Fsp3) is 0.333. The van der Waals surface area contributed by atoms with Gasteiger partial charge in [-0.2, -0.15) is 0 Å². The van der Waals surface area contributed by atoms with Gasteiger partial charge in [0.1, 0.15) is 5.82 Å². The number of anilines is 1. The third-order valence-electron chi connectivity index (χ3n) is 4.18. The van der Waals surface area contributed by atoms with E-state index in [1.807, 2.05) is 0 Å². The first kappa shape index (κ1) is 21.7. The topological polar surface area (TPSA) is 80.3 Å². The zero-order valence-corrected chi connectivity index (χ0v) is 17.8. The lowest BCUT2D eigenvalue weighted by Crippen LogP contribution is -2.29. The molecule has 0 heterocycles. The van der Waals surface area contributed by atoms with Gasteiger partial charge in [0.25, 0.3) is 0 Å². The summed E-state index contributed by atoms with van der Waals surface area (Å²) in [5.74, 6) is -0.526. The number of hydrogen-bond donors (Lipinski definition) is 1. The van der Waals surface area contributed by atoms with Gasteiger partial charge in [-0.05, 0) is 29.8 Å². The van der Waals surface area contributed by atoms with Crippen LogP contribution in [-0.4, -0.2) is 35.9 Å². The molecule has 148 valence electrons. The van der Waals surface area contributed by atoms with Gasteiger partial charge >= 0.3 is 0 Å². The third kappa shape index (κ3) is 5.00. The Morgan fingerprint density at radius 3 is 2.22 bits per heavy atom. The Morgan fingerprint density at radius 2 is 1.67 bits per heavy atom. The number of hydrogen-bond acceptors (Lipinski definition) is 5. The first-order valence-electron chi connectivity index (χ1n) is 7.96. The number of halogens is 2. The van der Waals surface area contributed by atoms with Gasteiger partial charge in [-0.25, -0.2) is 21.2 Å². The highest BCUT2D eigenvalue weighted by Gasteiger charge is 2.26. The van der Waals surface area contributed by atoms with E-state index < -0.39 is 30.9 Å². The lowest BCUT2D eigenvalue weighted by atomic mass is 9.84. The van der Waals surface area contributed by atoms with E-state index in [1.54, 1.807) is 26.0 Å². The molecule has 0 atom stereocenters. The van der Waals surface area contributed by atoms with E-state index in [1.165, 1.54) is 18.2 Å². The second-order valence-corrected chi connectivity index (χ2v) is 11.4. The van der Waals surface area contributed by atoms with Crippen molar-refractivity contribution in [3.63, 3.8) is 0 Å². The summed E-state index contributed by atoms with van der Waals surface area (Å²) < 4.78 is 62.0. The van der Waals surface area contributed by atoms with Crippen molar-refractivity contribution in [1.29, 1.82) is 0 Å². The minimum absolute atomic E-state index is 0.00917. The molecular formula is C18H21ClFNO4S2. The van der Waals surface area contributed by atoms with Gasteiger partial charge in [-0.3, -0.25) is 0 Å². The van der Waals surface area contributed by atoms with E-state index >= 15 is 0 Å². The highest BCUT2D eigenvalue weighted by atomic mass is 35.5. The highest BCUT2D eigenvalue weighted by Crippen LogP contribution is 2.31. The number of benzene rings is 2. The predicted octanol–water partition coefficient (Wildman–Crippen LogP) is 3.68. The molecule has 27 heavy (non-hydrogen) atoms. The maximum atomic E-state index is 14.4. The SMILES string of the molecule is CC(C)(CNc1ccc(S(C)(=O)=O)cc1S(C)(=O)=O)c1cccc(Cl)c1F. The van der Waals surface area contributed by atoms with Crippen LogP contribution < -0.4 is 5.32 Å². The molecule has 0 aliphatic carbocycles. The Kier molecular flexibility index (Phi) is 5.94. The van der Waals surface area contributed by atoms with E-state index in [0.717, 1.165) is 18.6 Å². The van der Waals surface area contributed by atoms with Gasteiger partial charge < -0.3 is 5.32 Å². The van der Waals surface area contributed by atoms with E-state index in [2.05, 4.69) is 5.32 Å². The second-order valence-electron chi connectivity index (χ2n) is 7.04. The summed E-state index contributed by atoms with van der Waals surface area (Å²) in [6, 6.07) is 8.57. The van der Waals surface area contributed by atoms with Gasteiger partial charge in [0, 0.05) is 24.5 Å². The van der Waals surface area contributed by atoms with Crippen LogP contribution in [0, 0.1) is 5.82 Å². The van der Waals surface area contributed by atoms with Crippen LogP contribution in [0.1, 0.15) is 19.4 Å². The summed E-state index contributed by atoms with van der Waals surface area (Å²) in [7, 11) is -7.24. The van der Waals surface area contributed by atoms with Gasteiger partial charge in [0.15, 0.2) is 19.7 Å². The highest BCUT2D eigenvalue weighted by molar-refractivity contribution is 7.91. The van der Waals surface area contributed by atoms with Crippen molar-refractivity contribution in [2.45, 2.75) is 29.1 Å². The Morgan fingerprint density at radius 1 is 1.04 bits per heavy atom. The van der Waals surface area contributed by atoms with Crippen LogP contribution in [0.3, 0.4) is 0 Å². The molecule has 9 heteroatoms. The van der Waals surface area contributed by atoms with E-state index in [-0.39, 0.29) is 27.0 Å². The molecule has 0 saturated heterocycles. The van der Waals surface area contributed by atoms with Crippen molar-refractivity contribution < 1.29 is 21.2 Å². The molecule has 0 unspecified atom stereocenters. The van der Waals surface area contributed by atoms with E-state index in [4.69, 9.17) is 11.6 Å². The zero-order valence-electron chi connectivity index (χ0n) is 15.4. The van der Waals surface area contributed by atoms with Gasteiger partial charge in [-0.1, -0.05) is 37.6 Å². The van der Waals surface area contributed by atoms with Crippen molar-refractivity contribution in [1.82, 2.24) is 0 Å². The molecule has 0 bridgehead atoms. The molecule has 0 saturated carbocycles. The van der Waals surface area contributed by atoms with Crippen LogP contribution in [0.15, 0.2) is 46.2 Å². The molecule has 0 fully saturated rings. The maximum absolute atomic E-state index is 14.4. The summed E-state index contributed by atoms with van der Waals surface area (Å²) >= 11 is 5.85. The van der Waals surface area contributed by atoms with Crippen LogP contribution in [0.4, 0.5) is 10.1 Å². The summed E-state index contributed by atoms with van der Waals surface area (Å²) in [6.07, 6.45) is 2.01. The fourth-order valence-corrected chi connectivity index (χ4v) is 4.40. The number of sulfone groups is 2. The van der Waals surface area contributed by atoms with Gasteiger partial charge in [0.2, 0.25) is 0 Å². The number of nitrogens with one attached hydrogen (secondary N) is 1. The Balaban J connectivity index is 2.41. The smallest absolute Gasteiger partial charge is 0.177 e. The summed E-state index contributed by atoms with van der Waals surface area (Å²) in [4.78, 5) is -0.221. The molecule has 2 aromatic rings.